The first-order valence-electron chi connectivity index (χ1n) is 7.41. The highest BCUT2D eigenvalue weighted by Gasteiger charge is 2.36. The van der Waals surface area contributed by atoms with Crippen molar-refractivity contribution in [2.75, 3.05) is 20.3 Å². The minimum atomic E-state index is -3.51. The second-order valence-corrected chi connectivity index (χ2v) is 7.99. The molecule has 1 saturated heterocycles. The maximum absolute atomic E-state index is 12.6. The molecule has 0 aromatic carbocycles. The molecule has 2 aliphatic rings. The van der Waals surface area contributed by atoms with Crippen LogP contribution in [0, 0.1) is 0 Å². The van der Waals surface area contributed by atoms with E-state index in [-0.39, 0.29) is 0 Å². The first-order chi connectivity index (χ1) is 9.93. The van der Waals surface area contributed by atoms with Gasteiger partial charge in [0.1, 0.15) is 0 Å². The molecule has 2 fully saturated rings. The van der Waals surface area contributed by atoms with E-state index in [0.29, 0.717) is 37.1 Å². The van der Waals surface area contributed by atoms with E-state index in [4.69, 9.17) is 4.74 Å². The number of nitrogens with zero attached hydrogens (tertiary/aromatic N) is 1. The van der Waals surface area contributed by atoms with Gasteiger partial charge in [0, 0.05) is 31.1 Å². The molecule has 0 amide bonds. The third-order valence-electron chi connectivity index (χ3n) is 4.11. The monoisotopic (exact) mass is 313 g/mol. The van der Waals surface area contributed by atoms with Crippen molar-refractivity contribution in [3.8, 4) is 0 Å². The molecule has 0 spiro atoms. The van der Waals surface area contributed by atoms with Gasteiger partial charge in [0.15, 0.2) is 0 Å². The summed E-state index contributed by atoms with van der Waals surface area (Å²) >= 11 is 0. The normalized spacial score (nSPS) is 26.4. The largest absolute Gasteiger partial charge is 0.379 e. The Kier molecular flexibility index (Phi) is 3.85. The molecule has 1 aromatic rings. The van der Waals surface area contributed by atoms with Crippen LogP contribution in [0.15, 0.2) is 17.2 Å². The molecule has 1 aromatic heterocycles. The predicted octanol–water partition coefficient (Wildman–Crippen LogP) is 1.000. The lowest BCUT2D eigenvalue weighted by molar-refractivity contribution is 0.178. The van der Waals surface area contributed by atoms with Gasteiger partial charge in [-0.1, -0.05) is 0 Å². The number of rotatable bonds is 6. The summed E-state index contributed by atoms with van der Waals surface area (Å²) in [4.78, 5) is 0.354. The van der Waals surface area contributed by atoms with Crippen LogP contribution in [0.5, 0.6) is 0 Å². The summed E-state index contributed by atoms with van der Waals surface area (Å²) in [5.74, 6) is 0. The second kappa shape index (κ2) is 5.39. The number of sulfonamides is 1. The summed E-state index contributed by atoms with van der Waals surface area (Å²) in [7, 11) is -1.64. The number of nitrogens with one attached hydrogen (secondary N) is 2. The maximum Gasteiger partial charge on any atom is 0.242 e. The lowest BCUT2D eigenvalue weighted by Crippen LogP contribution is -2.46. The summed E-state index contributed by atoms with van der Waals surface area (Å²) < 4.78 is 35.4. The Balaban J connectivity index is 1.86. The van der Waals surface area contributed by atoms with Crippen LogP contribution in [-0.2, 0) is 21.3 Å². The van der Waals surface area contributed by atoms with Gasteiger partial charge >= 0.3 is 0 Å². The summed E-state index contributed by atoms with van der Waals surface area (Å²) in [6.07, 6.45) is 4.73. The fourth-order valence-electron chi connectivity index (χ4n) is 2.79. The fourth-order valence-corrected chi connectivity index (χ4v) is 4.26. The van der Waals surface area contributed by atoms with Crippen LogP contribution in [0.3, 0.4) is 0 Å². The Bertz CT molecular complexity index is 613. The van der Waals surface area contributed by atoms with Crippen molar-refractivity contribution < 1.29 is 13.2 Å². The first kappa shape index (κ1) is 15.0. The highest BCUT2D eigenvalue weighted by atomic mass is 32.2. The van der Waals surface area contributed by atoms with Crippen LogP contribution >= 0.6 is 0 Å². The molecule has 1 aliphatic carbocycles. The fraction of sp³-hybridized carbons (Fsp3) is 0.714. The topological polar surface area (TPSA) is 72.4 Å². The third-order valence-corrected chi connectivity index (χ3v) is 5.72. The van der Waals surface area contributed by atoms with Gasteiger partial charge in [0.05, 0.1) is 17.0 Å². The quantitative estimate of drug-likeness (QED) is 0.822. The lowest BCUT2D eigenvalue weighted by Gasteiger charge is -2.22. The van der Waals surface area contributed by atoms with Crippen molar-refractivity contribution in [3.05, 3.63) is 18.0 Å². The lowest BCUT2D eigenvalue weighted by atomic mass is 10.0. The van der Waals surface area contributed by atoms with Crippen LogP contribution in [0.4, 0.5) is 0 Å². The zero-order chi connectivity index (χ0) is 15.1. The van der Waals surface area contributed by atoms with Gasteiger partial charge < -0.3 is 14.6 Å². The molecule has 2 heterocycles. The third kappa shape index (κ3) is 3.15. The number of hydrogen-bond donors (Lipinski definition) is 2. The van der Waals surface area contributed by atoms with E-state index in [1.165, 1.54) is 0 Å². The minimum absolute atomic E-state index is 0.354. The van der Waals surface area contributed by atoms with Gasteiger partial charge in [0.2, 0.25) is 10.0 Å². The van der Waals surface area contributed by atoms with Gasteiger partial charge in [-0.15, -0.1) is 0 Å². The van der Waals surface area contributed by atoms with Gasteiger partial charge in [-0.25, -0.2) is 13.1 Å². The molecule has 6 nitrogen and oxygen atoms in total. The SMILES string of the molecule is CNCc1cc(S(=O)(=O)NC2(C)CCOC2)cn1C1CC1. The van der Waals surface area contributed by atoms with Crippen molar-refractivity contribution in [1.82, 2.24) is 14.6 Å². The van der Waals surface area contributed by atoms with Gasteiger partial charge in [-0.3, -0.25) is 0 Å². The molecule has 1 aliphatic heterocycles. The Morgan fingerprint density at radius 1 is 1.48 bits per heavy atom. The summed E-state index contributed by atoms with van der Waals surface area (Å²) in [6, 6.07) is 2.23. The highest BCUT2D eigenvalue weighted by Crippen LogP contribution is 2.37. The molecule has 3 rings (SSSR count). The maximum atomic E-state index is 12.6. The summed E-state index contributed by atoms with van der Waals surface area (Å²) in [5, 5.41) is 3.10. The Hall–Kier alpha value is -0.890. The van der Waals surface area contributed by atoms with Crippen molar-refractivity contribution in [2.24, 2.45) is 0 Å². The van der Waals surface area contributed by atoms with Gasteiger partial charge in [0.25, 0.3) is 0 Å². The molecule has 0 radical (unpaired) electrons. The Morgan fingerprint density at radius 2 is 2.24 bits per heavy atom. The zero-order valence-corrected chi connectivity index (χ0v) is 13.4. The van der Waals surface area contributed by atoms with E-state index in [1.54, 1.807) is 12.3 Å². The number of aromatic nitrogens is 1. The molecule has 1 saturated carbocycles. The minimum Gasteiger partial charge on any atom is -0.379 e. The standard InChI is InChI=1S/C14H23N3O3S/c1-14(5-6-20-10-14)16-21(18,19)13-7-12(8-15-2)17(9-13)11-3-4-11/h7,9,11,15-16H,3-6,8,10H2,1-2H3. The molecular weight excluding hydrogens is 290 g/mol. The first-order valence-corrected chi connectivity index (χ1v) is 8.89. The van der Waals surface area contributed by atoms with Crippen molar-refractivity contribution in [1.29, 1.82) is 0 Å². The summed E-state index contributed by atoms with van der Waals surface area (Å²) in [5.41, 5.74) is 0.525. The van der Waals surface area contributed by atoms with Crippen LogP contribution < -0.4 is 10.0 Å². The van der Waals surface area contributed by atoms with E-state index < -0.39 is 15.6 Å². The summed E-state index contributed by atoms with van der Waals surface area (Å²) in [6.45, 7) is 3.60. The van der Waals surface area contributed by atoms with Crippen LogP contribution in [0.1, 0.15) is 37.9 Å². The molecule has 2 N–H and O–H groups in total. The molecule has 1 unspecified atom stereocenters. The molecule has 0 bridgehead atoms. The van der Waals surface area contributed by atoms with E-state index in [9.17, 15) is 8.42 Å². The highest BCUT2D eigenvalue weighted by molar-refractivity contribution is 7.89. The second-order valence-electron chi connectivity index (χ2n) is 6.30. The van der Waals surface area contributed by atoms with Crippen LogP contribution in [0.25, 0.3) is 0 Å². The van der Waals surface area contributed by atoms with Crippen LogP contribution in [0.2, 0.25) is 0 Å². The predicted molar refractivity (Wildman–Crippen MR) is 79.6 cm³/mol. The molecule has 1 atom stereocenters. The average Bonchev–Trinajstić information content (AvgIpc) is 3.02. The smallest absolute Gasteiger partial charge is 0.242 e. The average molecular weight is 313 g/mol. The molecule has 7 heteroatoms. The van der Waals surface area contributed by atoms with Gasteiger partial charge in [-0.2, -0.15) is 0 Å². The molecule has 21 heavy (non-hydrogen) atoms. The number of hydrogen-bond acceptors (Lipinski definition) is 4. The Labute approximate surface area is 125 Å². The molecular formula is C14H23N3O3S. The number of ether oxygens (including phenoxy) is 1. The van der Waals surface area contributed by atoms with Crippen molar-refractivity contribution >= 4 is 10.0 Å². The van der Waals surface area contributed by atoms with Crippen molar-refractivity contribution in [3.63, 3.8) is 0 Å². The Morgan fingerprint density at radius 3 is 2.81 bits per heavy atom. The molecule has 118 valence electrons. The van der Waals surface area contributed by atoms with E-state index in [0.717, 1.165) is 18.5 Å². The van der Waals surface area contributed by atoms with Gasteiger partial charge in [-0.05, 0) is 39.3 Å². The van der Waals surface area contributed by atoms with E-state index in [2.05, 4.69) is 14.6 Å². The van der Waals surface area contributed by atoms with Crippen LogP contribution in [-0.4, -0.2) is 38.8 Å². The van der Waals surface area contributed by atoms with E-state index >= 15 is 0 Å². The zero-order valence-electron chi connectivity index (χ0n) is 12.6. The van der Waals surface area contributed by atoms with E-state index in [1.807, 2.05) is 14.0 Å². The van der Waals surface area contributed by atoms with Crippen molar-refractivity contribution in [2.45, 2.75) is 49.2 Å².